The van der Waals surface area contributed by atoms with Gasteiger partial charge in [-0.1, -0.05) is 185 Å². The average Bonchev–Trinajstić information content (AvgIpc) is 3.39. The summed E-state index contributed by atoms with van der Waals surface area (Å²) in [6.45, 7) is 18.9. The molecule has 0 radical (unpaired) electrons. The van der Waals surface area contributed by atoms with E-state index in [1.807, 2.05) is 0 Å². The monoisotopic (exact) mass is 721 g/mol. The molecule has 8 rings (SSSR count). The fourth-order valence-electron chi connectivity index (χ4n) is 7.61. The molecule has 1 aliphatic carbocycles. The standard InChI is InChI=1S/C48H47N3Si2/c1-48(2)43-24-10-9-23-41(43)42-26-25-35(31-44(42)48)33-16-11-15-32(27-33)34-17-12-18-36(28-34)45-49-46(37-19-13-21-39(29-37)52(3,4)5)51-47(50-45)38-20-14-22-40(30-38)53(6,7)8/h9-31H,1-8H3. The first-order valence-corrected chi connectivity index (χ1v) is 25.7. The van der Waals surface area contributed by atoms with Crippen molar-refractivity contribution in [1.82, 2.24) is 15.0 Å². The van der Waals surface area contributed by atoms with Gasteiger partial charge < -0.3 is 0 Å². The minimum atomic E-state index is -1.55. The van der Waals surface area contributed by atoms with Crippen molar-refractivity contribution < 1.29 is 0 Å². The highest BCUT2D eigenvalue weighted by Crippen LogP contribution is 2.49. The van der Waals surface area contributed by atoms with E-state index < -0.39 is 16.1 Å². The topological polar surface area (TPSA) is 38.7 Å². The smallest absolute Gasteiger partial charge is 0.164 e. The van der Waals surface area contributed by atoms with Gasteiger partial charge in [0, 0.05) is 22.1 Å². The number of fused-ring (bicyclic) bond motifs is 3. The van der Waals surface area contributed by atoms with Crippen LogP contribution in [0.4, 0.5) is 0 Å². The van der Waals surface area contributed by atoms with Crippen LogP contribution in [0.1, 0.15) is 25.0 Å². The largest absolute Gasteiger partial charge is 0.208 e. The van der Waals surface area contributed by atoms with Gasteiger partial charge >= 0.3 is 0 Å². The molecule has 0 spiro atoms. The highest BCUT2D eigenvalue weighted by Gasteiger charge is 2.35. The van der Waals surface area contributed by atoms with Crippen LogP contribution in [-0.2, 0) is 5.41 Å². The van der Waals surface area contributed by atoms with E-state index in [-0.39, 0.29) is 5.41 Å². The summed E-state index contributed by atoms with van der Waals surface area (Å²) in [7, 11) is -3.10. The van der Waals surface area contributed by atoms with Gasteiger partial charge in [-0.05, 0) is 62.7 Å². The highest BCUT2D eigenvalue weighted by atomic mass is 28.3. The van der Waals surface area contributed by atoms with Gasteiger partial charge in [0.15, 0.2) is 17.5 Å². The molecular weight excluding hydrogens is 675 g/mol. The molecule has 0 bridgehead atoms. The van der Waals surface area contributed by atoms with E-state index in [2.05, 4.69) is 193 Å². The van der Waals surface area contributed by atoms with Crippen LogP contribution in [0, 0.1) is 0 Å². The molecule has 0 saturated carbocycles. The van der Waals surface area contributed by atoms with Crippen molar-refractivity contribution >= 4 is 26.5 Å². The van der Waals surface area contributed by atoms with E-state index in [4.69, 9.17) is 15.0 Å². The Balaban J connectivity index is 1.20. The van der Waals surface area contributed by atoms with Gasteiger partial charge in [-0.3, -0.25) is 0 Å². The van der Waals surface area contributed by atoms with Crippen LogP contribution in [0.3, 0.4) is 0 Å². The summed E-state index contributed by atoms with van der Waals surface area (Å²) in [5.74, 6) is 2.09. The minimum absolute atomic E-state index is 0.0396. The summed E-state index contributed by atoms with van der Waals surface area (Å²) in [6.07, 6.45) is 0. The maximum Gasteiger partial charge on any atom is 0.164 e. The van der Waals surface area contributed by atoms with Gasteiger partial charge in [0.2, 0.25) is 0 Å². The molecule has 6 aromatic carbocycles. The molecule has 1 aromatic heterocycles. The van der Waals surface area contributed by atoms with E-state index in [1.54, 1.807) is 0 Å². The van der Waals surface area contributed by atoms with Crippen molar-refractivity contribution in [2.75, 3.05) is 0 Å². The number of hydrogen-bond acceptors (Lipinski definition) is 3. The molecule has 53 heavy (non-hydrogen) atoms. The van der Waals surface area contributed by atoms with Crippen LogP contribution >= 0.6 is 0 Å². The molecule has 0 N–H and O–H groups in total. The summed E-state index contributed by atoms with van der Waals surface area (Å²) in [5.41, 5.74) is 13.2. The molecule has 0 atom stereocenters. The van der Waals surface area contributed by atoms with Crippen molar-refractivity contribution in [3.8, 4) is 67.5 Å². The van der Waals surface area contributed by atoms with E-state index in [0.29, 0.717) is 17.5 Å². The highest BCUT2D eigenvalue weighted by molar-refractivity contribution is 6.89. The number of nitrogens with zero attached hydrogens (tertiary/aromatic N) is 3. The fraction of sp³-hybridized carbons (Fsp3) is 0.188. The maximum absolute atomic E-state index is 5.16. The predicted molar refractivity (Wildman–Crippen MR) is 231 cm³/mol. The second kappa shape index (κ2) is 13.0. The van der Waals surface area contributed by atoms with Crippen LogP contribution in [0.2, 0.25) is 39.3 Å². The number of hydrogen-bond donors (Lipinski definition) is 0. The van der Waals surface area contributed by atoms with Crippen LogP contribution < -0.4 is 10.4 Å². The summed E-state index contributed by atoms with van der Waals surface area (Å²) in [4.78, 5) is 15.4. The second-order valence-electron chi connectivity index (χ2n) is 17.1. The van der Waals surface area contributed by atoms with Gasteiger partial charge in [0.25, 0.3) is 0 Å². The third-order valence-corrected chi connectivity index (χ3v) is 14.9. The molecule has 0 fully saturated rings. The van der Waals surface area contributed by atoms with Crippen molar-refractivity contribution in [3.63, 3.8) is 0 Å². The van der Waals surface area contributed by atoms with Crippen molar-refractivity contribution in [1.29, 1.82) is 0 Å². The molecule has 1 aliphatic rings. The lowest BCUT2D eigenvalue weighted by molar-refractivity contribution is 0.660. The Hall–Kier alpha value is -5.24. The Morgan fingerprint density at radius 1 is 0.358 bits per heavy atom. The Kier molecular flexibility index (Phi) is 8.55. The zero-order chi connectivity index (χ0) is 37.1. The maximum atomic E-state index is 5.16. The van der Waals surface area contributed by atoms with Crippen molar-refractivity contribution in [2.24, 2.45) is 0 Å². The molecular formula is C48H47N3Si2. The third kappa shape index (κ3) is 6.64. The van der Waals surface area contributed by atoms with Crippen LogP contribution in [0.5, 0.6) is 0 Å². The summed E-state index contributed by atoms with van der Waals surface area (Å²) in [6, 6.07) is 51.0. The molecule has 0 unspecified atom stereocenters. The number of rotatable bonds is 7. The first kappa shape index (κ1) is 34.8. The molecule has 262 valence electrons. The van der Waals surface area contributed by atoms with Crippen LogP contribution in [0.15, 0.2) is 140 Å². The molecule has 3 nitrogen and oxygen atoms in total. The summed E-state index contributed by atoms with van der Waals surface area (Å²) in [5, 5.41) is 2.77. The first-order valence-electron chi connectivity index (χ1n) is 18.7. The lowest BCUT2D eigenvalue weighted by Gasteiger charge is -2.22. The Labute approximate surface area is 316 Å². The molecule has 0 saturated heterocycles. The minimum Gasteiger partial charge on any atom is -0.208 e. The molecule has 7 aromatic rings. The fourth-order valence-corrected chi connectivity index (χ4v) is 9.98. The van der Waals surface area contributed by atoms with E-state index in [9.17, 15) is 0 Å². The Bertz CT molecular complexity index is 2440. The van der Waals surface area contributed by atoms with Gasteiger partial charge in [0.1, 0.15) is 0 Å². The zero-order valence-electron chi connectivity index (χ0n) is 32.1. The van der Waals surface area contributed by atoms with Crippen molar-refractivity contribution in [3.05, 3.63) is 151 Å². The lowest BCUT2D eigenvalue weighted by Crippen LogP contribution is -2.37. The Morgan fingerprint density at radius 2 is 0.755 bits per heavy atom. The van der Waals surface area contributed by atoms with Gasteiger partial charge in [-0.15, -0.1) is 0 Å². The van der Waals surface area contributed by atoms with E-state index in [1.165, 1.54) is 43.8 Å². The van der Waals surface area contributed by atoms with E-state index in [0.717, 1.165) is 27.8 Å². The zero-order valence-corrected chi connectivity index (χ0v) is 34.1. The molecule has 0 amide bonds. The van der Waals surface area contributed by atoms with Crippen molar-refractivity contribution in [2.45, 2.75) is 58.5 Å². The predicted octanol–water partition coefficient (Wildman–Crippen LogP) is 11.6. The van der Waals surface area contributed by atoms with Crippen LogP contribution in [-0.4, -0.2) is 31.1 Å². The van der Waals surface area contributed by atoms with Gasteiger partial charge in [-0.2, -0.15) is 0 Å². The quantitative estimate of drug-likeness (QED) is 0.154. The van der Waals surface area contributed by atoms with E-state index >= 15 is 0 Å². The second-order valence-corrected chi connectivity index (χ2v) is 27.2. The van der Waals surface area contributed by atoms with Gasteiger partial charge in [0.05, 0.1) is 16.1 Å². The normalized spacial score (nSPS) is 13.4. The van der Waals surface area contributed by atoms with Gasteiger partial charge in [-0.25, -0.2) is 15.0 Å². The SMILES string of the molecule is CC1(C)c2ccccc2-c2ccc(-c3cccc(-c4cccc(-c5nc(-c6cccc([Si](C)(C)C)c6)nc(-c6cccc([Si](C)(C)C)c6)n5)c4)c3)cc21. The lowest BCUT2D eigenvalue weighted by atomic mass is 9.81. The third-order valence-electron chi connectivity index (χ3n) is 10.8. The number of benzene rings is 6. The summed E-state index contributed by atoms with van der Waals surface area (Å²) >= 11 is 0. The summed E-state index contributed by atoms with van der Waals surface area (Å²) < 4.78 is 0. The molecule has 5 heteroatoms. The molecule has 1 heterocycles. The first-order chi connectivity index (χ1) is 25.3. The Morgan fingerprint density at radius 3 is 1.26 bits per heavy atom. The average molecular weight is 722 g/mol. The van der Waals surface area contributed by atoms with Crippen LogP contribution in [0.25, 0.3) is 67.5 Å². The molecule has 0 aliphatic heterocycles. The number of aromatic nitrogens is 3.